The Kier molecular flexibility index (Phi) is 2.89. The van der Waals surface area contributed by atoms with Crippen molar-refractivity contribution < 1.29 is 15.0 Å². The van der Waals surface area contributed by atoms with Crippen molar-refractivity contribution in [1.29, 1.82) is 0 Å². The highest BCUT2D eigenvalue weighted by atomic mass is 32.1. The van der Waals surface area contributed by atoms with Gasteiger partial charge >= 0.3 is 0 Å². The number of amides is 1. The molecule has 3 N–H and O–H groups in total. The molecule has 2 aromatic carbocycles. The Morgan fingerprint density at radius 1 is 0.913 bits per heavy atom. The van der Waals surface area contributed by atoms with Gasteiger partial charge in [-0.3, -0.25) is 4.79 Å². The summed E-state index contributed by atoms with van der Waals surface area (Å²) in [7, 11) is 0. The molecule has 5 nitrogen and oxygen atoms in total. The van der Waals surface area contributed by atoms with E-state index in [9.17, 15) is 15.0 Å². The Bertz CT molecular complexity index is 839. The molecule has 0 fully saturated rings. The molecule has 4 rings (SSSR count). The molecular weight excluding hydrogens is 312 g/mol. The molecule has 1 amide bonds. The number of carbonyl (C=O) groups excluding carboxylic acids is 1. The van der Waals surface area contributed by atoms with Crippen LogP contribution in [0.4, 0.5) is 5.00 Å². The number of nitrogens with zero attached hydrogens (tertiary/aromatic N) is 1. The van der Waals surface area contributed by atoms with Crippen molar-refractivity contribution in [1.82, 2.24) is 4.98 Å². The van der Waals surface area contributed by atoms with Gasteiger partial charge in [0.15, 0.2) is 0 Å². The Morgan fingerprint density at radius 2 is 1.43 bits per heavy atom. The Hall–Kier alpha value is -2.86. The van der Waals surface area contributed by atoms with Gasteiger partial charge in [-0.25, -0.2) is 4.98 Å². The SMILES string of the molecule is O=C1Nc2scnc2C1(c1ccc(O)cc1)c1ccc(O)cc1. The van der Waals surface area contributed by atoms with Gasteiger partial charge in [-0.2, -0.15) is 0 Å². The molecule has 3 aromatic rings. The molecule has 0 saturated carbocycles. The summed E-state index contributed by atoms with van der Waals surface area (Å²) >= 11 is 1.37. The highest BCUT2D eigenvalue weighted by molar-refractivity contribution is 7.14. The molecule has 0 radical (unpaired) electrons. The highest BCUT2D eigenvalue weighted by Crippen LogP contribution is 2.48. The lowest BCUT2D eigenvalue weighted by Crippen LogP contribution is -2.37. The zero-order valence-corrected chi connectivity index (χ0v) is 12.7. The highest BCUT2D eigenvalue weighted by Gasteiger charge is 2.51. The molecule has 6 heteroatoms. The van der Waals surface area contributed by atoms with E-state index in [1.165, 1.54) is 11.3 Å². The van der Waals surface area contributed by atoms with Crippen LogP contribution >= 0.6 is 11.3 Å². The number of aromatic nitrogens is 1. The Morgan fingerprint density at radius 3 is 1.96 bits per heavy atom. The summed E-state index contributed by atoms with van der Waals surface area (Å²) in [6, 6.07) is 13.1. The van der Waals surface area contributed by atoms with Crippen molar-refractivity contribution in [3.05, 3.63) is 70.9 Å². The predicted octanol–water partition coefficient (Wildman–Crippen LogP) is 2.84. The average molecular weight is 324 g/mol. The maximum atomic E-state index is 12.9. The molecule has 0 atom stereocenters. The van der Waals surface area contributed by atoms with Gasteiger partial charge in [-0.1, -0.05) is 24.3 Å². The molecule has 1 aromatic heterocycles. The van der Waals surface area contributed by atoms with Crippen LogP contribution in [0.5, 0.6) is 11.5 Å². The number of thiazole rings is 1. The number of anilines is 1. The van der Waals surface area contributed by atoms with Gasteiger partial charge in [-0.05, 0) is 35.4 Å². The molecule has 23 heavy (non-hydrogen) atoms. The predicted molar refractivity (Wildman–Crippen MR) is 86.8 cm³/mol. The lowest BCUT2D eigenvalue weighted by Gasteiger charge is -2.27. The summed E-state index contributed by atoms with van der Waals surface area (Å²) in [5, 5.41) is 22.7. The number of hydrogen-bond acceptors (Lipinski definition) is 5. The number of nitrogens with one attached hydrogen (secondary N) is 1. The first kappa shape index (κ1) is 13.8. The first-order valence-corrected chi connectivity index (χ1v) is 7.85. The third kappa shape index (κ3) is 1.85. The van der Waals surface area contributed by atoms with Crippen LogP contribution in [0.2, 0.25) is 0 Å². The maximum absolute atomic E-state index is 12.9. The monoisotopic (exact) mass is 324 g/mol. The third-order valence-electron chi connectivity index (χ3n) is 4.09. The standard InChI is InChI=1S/C17H12N2O3S/c20-12-5-1-10(2-6-12)17(11-3-7-13(21)8-4-11)14-15(19-16(17)22)23-9-18-14/h1-9,20-21H,(H,19,22). The van der Waals surface area contributed by atoms with Gasteiger partial charge in [0.25, 0.3) is 0 Å². The smallest absolute Gasteiger partial charge is 0.246 e. The van der Waals surface area contributed by atoms with E-state index in [-0.39, 0.29) is 17.4 Å². The van der Waals surface area contributed by atoms with Crippen LogP contribution in [0.15, 0.2) is 54.0 Å². The summed E-state index contributed by atoms with van der Waals surface area (Å²) in [4.78, 5) is 17.3. The molecule has 0 bridgehead atoms. The van der Waals surface area contributed by atoms with Crippen molar-refractivity contribution in [2.75, 3.05) is 5.32 Å². The van der Waals surface area contributed by atoms with E-state index in [1.54, 1.807) is 54.0 Å². The molecule has 1 aliphatic heterocycles. The van der Waals surface area contributed by atoms with Crippen molar-refractivity contribution in [2.45, 2.75) is 5.41 Å². The topological polar surface area (TPSA) is 82.5 Å². The molecule has 0 unspecified atom stereocenters. The van der Waals surface area contributed by atoms with Crippen LogP contribution in [-0.2, 0) is 10.2 Å². The van der Waals surface area contributed by atoms with Crippen molar-refractivity contribution in [2.24, 2.45) is 0 Å². The van der Waals surface area contributed by atoms with Gasteiger partial charge in [-0.15, -0.1) is 11.3 Å². The summed E-state index contributed by atoms with van der Waals surface area (Å²) in [5.74, 6) is 0.0706. The molecular formula is C17H12N2O3S. The van der Waals surface area contributed by atoms with E-state index < -0.39 is 5.41 Å². The van der Waals surface area contributed by atoms with E-state index in [4.69, 9.17) is 0 Å². The summed E-state index contributed by atoms with van der Waals surface area (Å²) in [6.07, 6.45) is 0. The number of benzene rings is 2. The molecule has 0 spiro atoms. The third-order valence-corrected chi connectivity index (χ3v) is 4.83. The number of hydrogen-bond donors (Lipinski definition) is 3. The largest absolute Gasteiger partial charge is 0.508 e. The lowest BCUT2D eigenvalue weighted by molar-refractivity contribution is -0.118. The number of phenolic OH excluding ortho intramolecular Hbond substituents is 2. The fourth-order valence-corrected chi connectivity index (χ4v) is 3.76. The fourth-order valence-electron chi connectivity index (χ4n) is 3.03. The molecule has 0 aliphatic carbocycles. The minimum Gasteiger partial charge on any atom is -0.508 e. The quantitative estimate of drug-likeness (QED) is 0.677. The van der Waals surface area contributed by atoms with Gasteiger partial charge in [0, 0.05) is 0 Å². The molecule has 1 aliphatic rings. The van der Waals surface area contributed by atoms with Gasteiger partial charge < -0.3 is 15.5 Å². The minimum absolute atomic E-state index is 0.131. The second-order valence-electron chi connectivity index (χ2n) is 5.33. The number of phenols is 2. The van der Waals surface area contributed by atoms with Gasteiger partial charge in [0.2, 0.25) is 5.91 Å². The number of fused-ring (bicyclic) bond motifs is 1. The van der Waals surface area contributed by atoms with Crippen LogP contribution < -0.4 is 5.32 Å². The van der Waals surface area contributed by atoms with Crippen LogP contribution in [0.3, 0.4) is 0 Å². The summed E-state index contributed by atoms with van der Waals surface area (Å²) < 4.78 is 0. The van der Waals surface area contributed by atoms with Crippen LogP contribution in [0, 0.1) is 0 Å². The average Bonchev–Trinajstić information content (AvgIpc) is 3.09. The Balaban J connectivity index is 2.04. The van der Waals surface area contributed by atoms with E-state index in [2.05, 4.69) is 10.3 Å². The normalized spacial score (nSPS) is 15.2. The first-order valence-electron chi connectivity index (χ1n) is 6.97. The molecule has 114 valence electrons. The van der Waals surface area contributed by atoms with Crippen molar-refractivity contribution >= 4 is 22.2 Å². The van der Waals surface area contributed by atoms with Gasteiger partial charge in [0.05, 0.1) is 11.2 Å². The van der Waals surface area contributed by atoms with E-state index >= 15 is 0 Å². The van der Waals surface area contributed by atoms with E-state index in [0.717, 1.165) is 5.00 Å². The summed E-state index contributed by atoms with van der Waals surface area (Å²) in [5.41, 5.74) is 2.67. The van der Waals surface area contributed by atoms with Crippen LogP contribution in [0.1, 0.15) is 16.8 Å². The molecule has 2 heterocycles. The summed E-state index contributed by atoms with van der Waals surface area (Å²) in [6.45, 7) is 0. The van der Waals surface area contributed by atoms with Crippen molar-refractivity contribution in [3.8, 4) is 11.5 Å². The number of carbonyl (C=O) groups is 1. The maximum Gasteiger partial charge on any atom is 0.246 e. The Labute approximate surface area is 135 Å². The lowest BCUT2D eigenvalue weighted by atomic mass is 9.73. The van der Waals surface area contributed by atoms with Crippen LogP contribution in [-0.4, -0.2) is 21.1 Å². The number of aromatic hydroxyl groups is 2. The first-order chi connectivity index (χ1) is 11.1. The minimum atomic E-state index is -1.09. The van der Waals surface area contributed by atoms with E-state index in [0.29, 0.717) is 16.8 Å². The zero-order valence-electron chi connectivity index (χ0n) is 11.9. The second kappa shape index (κ2) is 4.82. The van der Waals surface area contributed by atoms with Gasteiger partial charge in [0.1, 0.15) is 21.9 Å². The van der Waals surface area contributed by atoms with Crippen LogP contribution in [0.25, 0.3) is 0 Å². The van der Waals surface area contributed by atoms with E-state index in [1.807, 2.05) is 0 Å². The second-order valence-corrected chi connectivity index (χ2v) is 6.18. The molecule has 0 saturated heterocycles. The number of rotatable bonds is 2. The fraction of sp³-hybridized carbons (Fsp3) is 0.0588. The zero-order chi connectivity index (χ0) is 16.0. The van der Waals surface area contributed by atoms with Crippen molar-refractivity contribution in [3.63, 3.8) is 0 Å².